The van der Waals surface area contributed by atoms with Crippen LogP contribution >= 0.6 is 0 Å². The number of nitrogens with zero attached hydrogens (tertiary/aromatic N) is 2. The second kappa shape index (κ2) is 6.02. The lowest BCUT2D eigenvalue weighted by Gasteiger charge is -2.43. The van der Waals surface area contributed by atoms with Crippen molar-refractivity contribution in [3.8, 4) is 0 Å². The molecule has 21 heavy (non-hydrogen) atoms. The van der Waals surface area contributed by atoms with Crippen LogP contribution in [0.25, 0.3) is 0 Å². The van der Waals surface area contributed by atoms with Gasteiger partial charge in [-0.15, -0.1) is 0 Å². The number of rotatable bonds is 3. The summed E-state index contributed by atoms with van der Waals surface area (Å²) in [5.74, 6) is 0.528. The van der Waals surface area contributed by atoms with Gasteiger partial charge in [0.15, 0.2) is 0 Å². The van der Waals surface area contributed by atoms with E-state index in [1.807, 2.05) is 0 Å². The highest BCUT2D eigenvalue weighted by molar-refractivity contribution is 7.89. The fourth-order valence-electron chi connectivity index (χ4n) is 3.82. The first kappa shape index (κ1) is 14.9. The number of piperidine rings is 1. The minimum absolute atomic E-state index is 0.150. The Kier molecular flexibility index (Phi) is 4.28. The number of hydrogen-bond acceptors (Lipinski definition) is 4. The lowest BCUT2D eigenvalue weighted by Crippen LogP contribution is -2.49. The largest absolute Gasteiger partial charge is 0.325 e. The summed E-state index contributed by atoms with van der Waals surface area (Å²) in [6, 6.07) is 3.48. The van der Waals surface area contributed by atoms with Crippen LogP contribution < -0.4 is 5.73 Å². The van der Waals surface area contributed by atoms with Gasteiger partial charge in [-0.1, -0.05) is 12.8 Å². The fraction of sp³-hybridized carbons (Fsp3) is 0.667. The first-order valence-corrected chi connectivity index (χ1v) is 9.24. The lowest BCUT2D eigenvalue weighted by molar-refractivity contribution is 0.129. The van der Waals surface area contributed by atoms with Gasteiger partial charge >= 0.3 is 0 Å². The number of hydrogen-bond donors (Lipinski definition) is 1. The highest BCUT2D eigenvalue weighted by Gasteiger charge is 2.40. The van der Waals surface area contributed by atoms with E-state index in [0.29, 0.717) is 23.1 Å². The van der Waals surface area contributed by atoms with E-state index in [1.165, 1.54) is 6.42 Å². The second-order valence-corrected chi connectivity index (χ2v) is 7.88. The average Bonchev–Trinajstić information content (AvgIpc) is 2.54. The van der Waals surface area contributed by atoms with Crippen LogP contribution in [0.3, 0.4) is 0 Å². The SMILES string of the molecule is NCc1ncccc1S(=O)(=O)N1CCCC2CCCCC21. The molecular formula is C15H23N3O2S. The summed E-state index contributed by atoms with van der Waals surface area (Å²) in [7, 11) is -3.48. The summed E-state index contributed by atoms with van der Waals surface area (Å²) in [5, 5.41) is 0. The molecule has 0 aromatic carbocycles. The Morgan fingerprint density at radius 1 is 1.24 bits per heavy atom. The van der Waals surface area contributed by atoms with E-state index in [2.05, 4.69) is 4.98 Å². The summed E-state index contributed by atoms with van der Waals surface area (Å²) >= 11 is 0. The summed E-state index contributed by atoms with van der Waals surface area (Å²) in [4.78, 5) is 4.42. The van der Waals surface area contributed by atoms with Gasteiger partial charge in [0.25, 0.3) is 0 Å². The molecule has 1 aliphatic carbocycles. The second-order valence-electron chi connectivity index (χ2n) is 6.02. The maximum absolute atomic E-state index is 13.1. The predicted molar refractivity (Wildman–Crippen MR) is 81.0 cm³/mol. The van der Waals surface area contributed by atoms with E-state index in [1.54, 1.807) is 22.6 Å². The quantitative estimate of drug-likeness (QED) is 0.925. The van der Waals surface area contributed by atoms with Crippen molar-refractivity contribution in [3.05, 3.63) is 24.0 Å². The van der Waals surface area contributed by atoms with Gasteiger partial charge in [-0.05, 0) is 43.7 Å². The molecule has 1 aromatic rings. The molecule has 1 aliphatic heterocycles. The van der Waals surface area contributed by atoms with Crippen molar-refractivity contribution < 1.29 is 8.42 Å². The highest BCUT2D eigenvalue weighted by Crippen LogP contribution is 2.38. The van der Waals surface area contributed by atoms with Crippen LogP contribution in [-0.4, -0.2) is 30.3 Å². The van der Waals surface area contributed by atoms with Crippen LogP contribution in [0.1, 0.15) is 44.2 Å². The van der Waals surface area contributed by atoms with E-state index in [-0.39, 0.29) is 12.6 Å². The number of nitrogens with two attached hydrogens (primary N) is 1. The zero-order valence-corrected chi connectivity index (χ0v) is 13.1. The maximum atomic E-state index is 13.1. The zero-order chi connectivity index (χ0) is 14.9. The molecule has 1 saturated carbocycles. The van der Waals surface area contributed by atoms with Crippen molar-refractivity contribution in [2.75, 3.05) is 6.54 Å². The molecule has 5 nitrogen and oxygen atoms in total. The Hall–Kier alpha value is -0.980. The van der Waals surface area contributed by atoms with E-state index >= 15 is 0 Å². The molecule has 0 amide bonds. The van der Waals surface area contributed by atoms with Gasteiger partial charge in [0, 0.05) is 25.3 Å². The van der Waals surface area contributed by atoms with Crippen LogP contribution in [0.15, 0.2) is 23.2 Å². The van der Waals surface area contributed by atoms with Crippen LogP contribution in [-0.2, 0) is 16.6 Å². The van der Waals surface area contributed by atoms with Crippen molar-refractivity contribution in [3.63, 3.8) is 0 Å². The van der Waals surface area contributed by atoms with Crippen molar-refractivity contribution >= 4 is 10.0 Å². The Labute approximate surface area is 126 Å². The zero-order valence-electron chi connectivity index (χ0n) is 12.2. The number of pyridine rings is 1. The number of aromatic nitrogens is 1. The molecule has 1 aromatic heterocycles. The molecule has 116 valence electrons. The van der Waals surface area contributed by atoms with Gasteiger partial charge < -0.3 is 5.73 Å². The molecule has 2 fully saturated rings. The molecule has 2 atom stereocenters. The van der Waals surface area contributed by atoms with E-state index < -0.39 is 10.0 Å². The summed E-state index contributed by atoms with van der Waals surface area (Å²) < 4.78 is 27.8. The maximum Gasteiger partial charge on any atom is 0.245 e. The number of fused-ring (bicyclic) bond motifs is 1. The summed E-state index contributed by atoms with van der Waals surface area (Å²) in [6.07, 6.45) is 8.22. The van der Waals surface area contributed by atoms with Crippen LogP contribution in [0, 0.1) is 5.92 Å². The summed E-state index contributed by atoms with van der Waals surface area (Å²) in [6.45, 7) is 0.778. The fourth-order valence-corrected chi connectivity index (χ4v) is 5.76. The highest BCUT2D eigenvalue weighted by atomic mass is 32.2. The molecule has 3 rings (SSSR count). The lowest BCUT2D eigenvalue weighted by atomic mass is 9.79. The van der Waals surface area contributed by atoms with Crippen molar-refractivity contribution in [2.45, 2.75) is 56.0 Å². The smallest absolute Gasteiger partial charge is 0.245 e. The molecule has 0 spiro atoms. The Balaban J connectivity index is 1.96. The average molecular weight is 309 g/mol. The third-order valence-corrected chi connectivity index (χ3v) is 6.82. The van der Waals surface area contributed by atoms with Gasteiger partial charge in [-0.2, -0.15) is 4.31 Å². The van der Waals surface area contributed by atoms with Gasteiger partial charge in [-0.3, -0.25) is 4.98 Å². The standard InChI is InChI=1S/C15H23N3O2S/c16-11-13-15(8-3-9-17-13)21(19,20)18-10-4-6-12-5-1-2-7-14(12)18/h3,8-9,12,14H,1-2,4-7,10-11,16H2. The van der Waals surface area contributed by atoms with Gasteiger partial charge in [0.2, 0.25) is 10.0 Å². The Morgan fingerprint density at radius 3 is 2.81 bits per heavy atom. The molecule has 2 aliphatic rings. The number of sulfonamides is 1. The molecule has 0 bridgehead atoms. The monoisotopic (exact) mass is 309 g/mol. The third kappa shape index (κ3) is 2.72. The van der Waals surface area contributed by atoms with Crippen molar-refractivity contribution in [2.24, 2.45) is 11.7 Å². The molecular weight excluding hydrogens is 286 g/mol. The Bertz CT molecular complexity index is 601. The van der Waals surface area contributed by atoms with E-state index in [0.717, 1.165) is 32.1 Å². The molecule has 2 unspecified atom stereocenters. The predicted octanol–water partition coefficient (Wildman–Crippen LogP) is 1.88. The van der Waals surface area contributed by atoms with Gasteiger partial charge in [0.1, 0.15) is 4.90 Å². The normalized spacial score (nSPS) is 27.3. The van der Waals surface area contributed by atoms with Gasteiger partial charge in [-0.25, -0.2) is 8.42 Å². The summed E-state index contributed by atoms with van der Waals surface area (Å²) in [5.41, 5.74) is 6.13. The van der Waals surface area contributed by atoms with Gasteiger partial charge in [0.05, 0.1) is 5.69 Å². The molecule has 0 radical (unpaired) electrons. The topological polar surface area (TPSA) is 76.3 Å². The van der Waals surface area contributed by atoms with Crippen LogP contribution in [0.5, 0.6) is 0 Å². The molecule has 2 heterocycles. The van der Waals surface area contributed by atoms with E-state index in [9.17, 15) is 8.42 Å². The third-order valence-electron chi connectivity index (χ3n) is 4.82. The first-order valence-electron chi connectivity index (χ1n) is 7.80. The molecule has 1 saturated heterocycles. The van der Waals surface area contributed by atoms with Crippen molar-refractivity contribution in [1.29, 1.82) is 0 Å². The van der Waals surface area contributed by atoms with E-state index in [4.69, 9.17) is 5.73 Å². The Morgan fingerprint density at radius 2 is 2.00 bits per heavy atom. The molecule has 2 N–H and O–H groups in total. The van der Waals surface area contributed by atoms with Crippen LogP contribution in [0.4, 0.5) is 0 Å². The minimum atomic E-state index is -3.48. The van der Waals surface area contributed by atoms with Crippen molar-refractivity contribution in [1.82, 2.24) is 9.29 Å². The molecule has 6 heteroatoms. The van der Waals surface area contributed by atoms with Crippen LogP contribution in [0.2, 0.25) is 0 Å². The first-order chi connectivity index (χ1) is 10.1. The minimum Gasteiger partial charge on any atom is -0.325 e.